The van der Waals surface area contributed by atoms with Crippen LogP contribution >= 0.6 is 0 Å². The zero-order valence-corrected chi connectivity index (χ0v) is 10.1. The van der Waals surface area contributed by atoms with Gasteiger partial charge in [0.15, 0.2) is 0 Å². The number of ether oxygens (including phenoxy) is 1. The summed E-state index contributed by atoms with van der Waals surface area (Å²) < 4.78 is 5.64. The minimum Gasteiger partial charge on any atom is -0.376 e. The molecule has 0 aliphatic rings. The maximum atomic E-state index is 10.5. The van der Waals surface area contributed by atoms with Gasteiger partial charge in [0, 0.05) is 6.42 Å². The summed E-state index contributed by atoms with van der Waals surface area (Å²) >= 11 is 0. The number of carbonyl (C=O) groups is 1. The molecule has 0 bridgehead atoms. The normalized spacial score (nSPS) is 12.7. The first-order valence-electron chi connectivity index (χ1n) is 5.79. The van der Waals surface area contributed by atoms with Crippen LogP contribution in [0, 0.1) is 11.8 Å². The molecular formula is C14H20O2. The van der Waals surface area contributed by atoms with Crippen LogP contribution in [0.1, 0.15) is 25.8 Å². The third kappa shape index (κ3) is 4.58. The minimum absolute atomic E-state index is 0.334. The molecule has 0 aromatic heterocycles. The number of hydrogen-bond acceptors (Lipinski definition) is 2. The van der Waals surface area contributed by atoms with E-state index < -0.39 is 0 Å². The van der Waals surface area contributed by atoms with Crippen molar-refractivity contribution in [1.82, 2.24) is 0 Å². The SMILES string of the molecule is CC(C)[C@H](CC=O)COCc1ccccc1. The average Bonchev–Trinajstić information content (AvgIpc) is 2.29. The van der Waals surface area contributed by atoms with Crippen molar-refractivity contribution in [2.24, 2.45) is 11.8 Å². The van der Waals surface area contributed by atoms with Gasteiger partial charge in [-0.05, 0) is 17.4 Å². The Morgan fingerprint density at radius 1 is 1.25 bits per heavy atom. The van der Waals surface area contributed by atoms with Crippen molar-refractivity contribution < 1.29 is 9.53 Å². The van der Waals surface area contributed by atoms with Gasteiger partial charge in [0.2, 0.25) is 0 Å². The van der Waals surface area contributed by atoms with Crippen LogP contribution in [-0.4, -0.2) is 12.9 Å². The van der Waals surface area contributed by atoms with Gasteiger partial charge in [-0.3, -0.25) is 0 Å². The van der Waals surface area contributed by atoms with Gasteiger partial charge < -0.3 is 9.53 Å². The van der Waals surface area contributed by atoms with Crippen molar-refractivity contribution in [3.8, 4) is 0 Å². The predicted molar refractivity (Wildman–Crippen MR) is 65.1 cm³/mol. The lowest BCUT2D eigenvalue weighted by Gasteiger charge is -2.18. The molecule has 0 aliphatic heterocycles. The average molecular weight is 220 g/mol. The van der Waals surface area contributed by atoms with Crippen molar-refractivity contribution in [2.45, 2.75) is 26.9 Å². The van der Waals surface area contributed by atoms with Gasteiger partial charge in [-0.15, -0.1) is 0 Å². The first kappa shape index (κ1) is 12.9. The van der Waals surface area contributed by atoms with Crippen LogP contribution in [0.3, 0.4) is 0 Å². The summed E-state index contributed by atoms with van der Waals surface area (Å²) in [5, 5.41) is 0. The van der Waals surface area contributed by atoms with Crippen molar-refractivity contribution in [2.75, 3.05) is 6.61 Å². The largest absolute Gasteiger partial charge is 0.376 e. The summed E-state index contributed by atoms with van der Waals surface area (Å²) in [4.78, 5) is 10.5. The fourth-order valence-corrected chi connectivity index (χ4v) is 1.56. The number of aldehydes is 1. The van der Waals surface area contributed by atoms with Gasteiger partial charge in [-0.25, -0.2) is 0 Å². The second kappa shape index (κ2) is 7.18. The quantitative estimate of drug-likeness (QED) is 0.660. The van der Waals surface area contributed by atoms with Gasteiger partial charge in [0.25, 0.3) is 0 Å². The molecule has 0 amide bonds. The van der Waals surface area contributed by atoms with Crippen LogP contribution in [0.15, 0.2) is 30.3 Å². The van der Waals surface area contributed by atoms with Crippen molar-refractivity contribution in [3.63, 3.8) is 0 Å². The second-order valence-electron chi connectivity index (χ2n) is 4.41. The lowest BCUT2D eigenvalue weighted by Crippen LogP contribution is -2.16. The molecule has 0 heterocycles. The lowest BCUT2D eigenvalue weighted by atomic mass is 9.94. The molecule has 1 aromatic carbocycles. The Morgan fingerprint density at radius 3 is 2.50 bits per heavy atom. The molecule has 0 radical (unpaired) electrons. The summed E-state index contributed by atoms with van der Waals surface area (Å²) in [6, 6.07) is 10.1. The smallest absolute Gasteiger partial charge is 0.120 e. The Balaban J connectivity index is 2.30. The van der Waals surface area contributed by atoms with Gasteiger partial charge >= 0.3 is 0 Å². The van der Waals surface area contributed by atoms with Gasteiger partial charge in [0.05, 0.1) is 13.2 Å². The van der Waals surface area contributed by atoms with Crippen LogP contribution < -0.4 is 0 Å². The molecular weight excluding hydrogens is 200 g/mol. The highest BCUT2D eigenvalue weighted by atomic mass is 16.5. The first-order valence-corrected chi connectivity index (χ1v) is 5.79. The monoisotopic (exact) mass is 220 g/mol. The van der Waals surface area contributed by atoms with Crippen LogP contribution in [0.5, 0.6) is 0 Å². The maximum absolute atomic E-state index is 10.5. The molecule has 1 atom stereocenters. The molecule has 88 valence electrons. The fraction of sp³-hybridized carbons (Fsp3) is 0.500. The minimum atomic E-state index is 0.334. The van der Waals surface area contributed by atoms with E-state index in [9.17, 15) is 4.79 Å². The van der Waals surface area contributed by atoms with Crippen molar-refractivity contribution in [1.29, 1.82) is 0 Å². The highest BCUT2D eigenvalue weighted by Crippen LogP contribution is 2.15. The van der Waals surface area contributed by atoms with E-state index in [-0.39, 0.29) is 0 Å². The molecule has 0 saturated heterocycles. The standard InChI is InChI=1S/C14H20O2/c1-12(2)14(8-9-15)11-16-10-13-6-4-3-5-7-13/h3-7,9,12,14H,8,10-11H2,1-2H3/t14-/m1/s1. The molecule has 0 unspecified atom stereocenters. The zero-order valence-electron chi connectivity index (χ0n) is 10.1. The number of benzene rings is 1. The van der Waals surface area contributed by atoms with E-state index in [0.29, 0.717) is 31.5 Å². The summed E-state index contributed by atoms with van der Waals surface area (Å²) in [5.41, 5.74) is 1.18. The van der Waals surface area contributed by atoms with Gasteiger partial charge in [-0.2, -0.15) is 0 Å². The molecule has 2 nitrogen and oxygen atoms in total. The summed E-state index contributed by atoms with van der Waals surface area (Å²) in [7, 11) is 0. The molecule has 0 N–H and O–H groups in total. The van der Waals surface area contributed by atoms with Crippen molar-refractivity contribution >= 4 is 6.29 Å². The van der Waals surface area contributed by atoms with Crippen LogP contribution in [0.4, 0.5) is 0 Å². The Morgan fingerprint density at radius 2 is 1.94 bits per heavy atom. The Labute approximate surface area is 97.6 Å². The lowest BCUT2D eigenvalue weighted by molar-refractivity contribution is -0.109. The van der Waals surface area contributed by atoms with E-state index in [1.165, 1.54) is 5.56 Å². The summed E-state index contributed by atoms with van der Waals surface area (Å²) in [6.07, 6.45) is 1.57. The fourth-order valence-electron chi connectivity index (χ4n) is 1.56. The number of carbonyl (C=O) groups excluding carboxylic acids is 1. The van der Waals surface area contributed by atoms with Crippen LogP contribution in [0.25, 0.3) is 0 Å². The maximum Gasteiger partial charge on any atom is 0.120 e. The van der Waals surface area contributed by atoms with E-state index in [1.54, 1.807) is 0 Å². The van der Waals surface area contributed by atoms with Crippen LogP contribution in [0.2, 0.25) is 0 Å². The summed E-state index contributed by atoms with van der Waals surface area (Å²) in [6.45, 7) is 5.54. The van der Waals surface area contributed by atoms with Crippen LogP contribution in [-0.2, 0) is 16.1 Å². The van der Waals surface area contributed by atoms with Gasteiger partial charge in [0.1, 0.15) is 6.29 Å². The molecule has 0 aliphatic carbocycles. The second-order valence-corrected chi connectivity index (χ2v) is 4.41. The van der Waals surface area contributed by atoms with E-state index in [0.717, 1.165) is 6.29 Å². The number of rotatable bonds is 7. The molecule has 2 heteroatoms. The highest BCUT2D eigenvalue weighted by Gasteiger charge is 2.12. The highest BCUT2D eigenvalue weighted by molar-refractivity contribution is 5.49. The Kier molecular flexibility index (Phi) is 5.79. The summed E-state index contributed by atoms with van der Waals surface area (Å²) in [5.74, 6) is 0.821. The van der Waals surface area contributed by atoms with E-state index in [2.05, 4.69) is 13.8 Å². The first-order chi connectivity index (χ1) is 7.74. The molecule has 1 aromatic rings. The molecule has 1 rings (SSSR count). The molecule has 0 fully saturated rings. The molecule has 0 spiro atoms. The van der Waals surface area contributed by atoms with Crippen molar-refractivity contribution in [3.05, 3.63) is 35.9 Å². The molecule has 16 heavy (non-hydrogen) atoms. The Hall–Kier alpha value is -1.15. The third-order valence-corrected chi connectivity index (χ3v) is 2.79. The van der Waals surface area contributed by atoms with E-state index in [1.807, 2.05) is 30.3 Å². The van der Waals surface area contributed by atoms with Gasteiger partial charge in [-0.1, -0.05) is 44.2 Å². The molecule has 0 saturated carbocycles. The zero-order chi connectivity index (χ0) is 11.8. The topological polar surface area (TPSA) is 26.3 Å². The third-order valence-electron chi connectivity index (χ3n) is 2.79. The van der Waals surface area contributed by atoms with E-state index in [4.69, 9.17) is 4.74 Å². The van der Waals surface area contributed by atoms with E-state index >= 15 is 0 Å². The predicted octanol–water partition coefficient (Wildman–Crippen LogP) is 3.06. The number of hydrogen-bond donors (Lipinski definition) is 0. The Bertz CT molecular complexity index is 293.